The third-order valence-electron chi connectivity index (χ3n) is 1.93. The molecule has 1 rings (SSSR count). The molecule has 0 heterocycles. The van der Waals surface area contributed by atoms with Gasteiger partial charge in [0.25, 0.3) is 0 Å². The zero-order chi connectivity index (χ0) is 10.6. The summed E-state index contributed by atoms with van der Waals surface area (Å²) in [7, 11) is 0. The van der Waals surface area contributed by atoms with Crippen molar-refractivity contribution in [2.24, 2.45) is 0 Å². The molecule has 0 aromatic heterocycles. The van der Waals surface area contributed by atoms with Crippen molar-refractivity contribution in [2.45, 2.75) is 19.9 Å². The van der Waals surface area contributed by atoms with E-state index in [1.165, 1.54) is 0 Å². The summed E-state index contributed by atoms with van der Waals surface area (Å²) in [5.74, 6) is 0.0965. The molecule has 0 aliphatic heterocycles. The number of benzene rings is 1. The minimum Gasteiger partial charge on any atom is -0.376 e. The second-order valence-electron chi connectivity index (χ2n) is 3.38. The number of hydrogen-bond donors (Lipinski definition) is 1. The topological polar surface area (TPSA) is 29.1 Å². The Labute approximate surface area is 84.6 Å². The highest BCUT2D eigenvalue weighted by molar-refractivity contribution is 5.83. The lowest BCUT2D eigenvalue weighted by atomic mass is 10.0. The number of Topliss-reactive ketones (excluding diaryl/α,β-unsaturated/α-hetero) is 1. The first-order valence-corrected chi connectivity index (χ1v) is 4.58. The predicted octanol–water partition coefficient (Wildman–Crippen LogP) is 2.44. The Morgan fingerprint density at radius 1 is 1.29 bits per heavy atom. The summed E-state index contributed by atoms with van der Waals surface area (Å²) >= 11 is 0. The zero-order valence-corrected chi connectivity index (χ0v) is 8.58. The normalized spacial score (nSPS) is 11.9. The van der Waals surface area contributed by atoms with E-state index in [4.69, 9.17) is 0 Å². The first-order valence-electron chi connectivity index (χ1n) is 4.58. The van der Waals surface area contributed by atoms with Gasteiger partial charge in [-0.1, -0.05) is 36.9 Å². The molecule has 0 aliphatic carbocycles. The van der Waals surface area contributed by atoms with E-state index in [2.05, 4.69) is 11.9 Å². The van der Waals surface area contributed by atoms with Crippen LogP contribution in [0.1, 0.15) is 25.5 Å². The minimum absolute atomic E-state index is 0.0965. The highest BCUT2D eigenvalue weighted by atomic mass is 16.1. The molecule has 0 fully saturated rings. The van der Waals surface area contributed by atoms with Crippen LogP contribution in [0.5, 0.6) is 0 Å². The summed E-state index contributed by atoms with van der Waals surface area (Å²) in [6.07, 6.45) is 0. The van der Waals surface area contributed by atoms with Crippen molar-refractivity contribution >= 4 is 5.78 Å². The molecular formula is C12H15NO. The van der Waals surface area contributed by atoms with E-state index in [9.17, 15) is 4.79 Å². The molecule has 1 aromatic carbocycles. The molecule has 0 unspecified atom stereocenters. The summed E-state index contributed by atoms with van der Waals surface area (Å²) in [5, 5.41) is 3.05. The molecule has 0 bridgehead atoms. The van der Waals surface area contributed by atoms with Crippen molar-refractivity contribution in [2.75, 3.05) is 0 Å². The third-order valence-corrected chi connectivity index (χ3v) is 1.93. The Bertz CT molecular complexity index is 329. The number of hydrogen-bond acceptors (Lipinski definition) is 2. The summed E-state index contributed by atoms with van der Waals surface area (Å²) in [6.45, 7) is 7.16. The van der Waals surface area contributed by atoms with Crippen molar-refractivity contribution in [1.29, 1.82) is 0 Å². The van der Waals surface area contributed by atoms with Crippen molar-refractivity contribution in [3.8, 4) is 0 Å². The molecule has 2 nitrogen and oxygen atoms in total. The highest BCUT2D eigenvalue weighted by Gasteiger charge is 2.14. The van der Waals surface area contributed by atoms with Crippen LogP contribution in [0, 0.1) is 0 Å². The summed E-state index contributed by atoms with van der Waals surface area (Å²) in [6, 6.07) is 9.37. The lowest BCUT2D eigenvalue weighted by Crippen LogP contribution is -2.25. The second kappa shape index (κ2) is 4.61. The first kappa shape index (κ1) is 10.5. The van der Waals surface area contributed by atoms with E-state index in [1.807, 2.05) is 37.3 Å². The molecular weight excluding hydrogens is 174 g/mol. The third kappa shape index (κ3) is 2.73. The van der Waals surface area contributed by atoms with Gasteiger partial charge in [-0.05, 0) is 19.4 Å². The van der Waals surface area contributed by atoms with Crippen LogP contribution < -0.4 is 5.32 Å². The van der Waals surface area contributed by atoms with Gasteiger partial charge in [0.15, 0.2) is 5.78 Å². The summed E-state index contributed by atoms with van der Waals surface area (Å²) < 4.78 is 0. The van der Waals surface area contributed by atoms with Crippen LogP contribution in [0.3, 0.4) is 0 Å². The van der Waals surface area contributed by atoms with E-state index < -0.39 is 0 Å². The van der Waals surface area contributed by atoms with Crippen LogP contribution in [0.25, 0.3) is 0 Å². The number of rotatable bonds is 4. The van der Waals surface area contributed by atoms with Gasteiger partial charge >= 0.3 is 0 Å². The zero-order valence-electron chi connectivity index (χ0n) is 8.58. The molecule has 74 valence electrons. The van der Waals surface area contributed by atoms with Crippen molar-refractivity contribution in [1.82, 2.24) is 5.32 Å². The van der Waals surface area contributed by atoms with Crippen LogP contribution in [0.2, 0.25) is 0 Å². The maximum Gasteiger partial charge on any atom is 0.156 e. The Kier molecular flexibility index (Phi) is 3.46. The fourth-order valence-electron chi connectivity index (χ4n) is 1.31. The van der Waals surface area contributed by atoms with E-state index >= 15 is 0 Å². The number of carbonyl (C=O) groups excluding carboxylic acids is 1. The van der Waals surface area contributed by atoms with Crippen LogP contribution in [0.4, 0.5) is 0 Å². The predicted molar refractivity (Wildman–Crippen MR) is 57.8 cm³/mol. The van der Waals surface area contributed by atoms with E-state index in [-0.39, 0.29) is 11.8 Å². The van der Waals surface area contributed by atoms with Gasteiger partial charge in [0.1, 0.15) is 6.04 Å². The van der Waals surface area contributed by atoms with E-state index in [0.29, 0.717) is 0 Å². The molecule has 1 N–H and O–H groups in total. The Balaban J connectivity index is 2.89. The highest BCUT2D eigenvalue weighted by Crippen LogP contribution is 2.14. The fourth-order valence-corrected chi connectivity index (χ4v) is 1.31. The molecule has 0 amide bonds. The average Bonchev–Trinajstić information content (AvgIpc) is 2.15. The number of nitrogens with one attached hydrogen (secondary N) is 1. The molecule has 0 spiro atoms. The molecule has 1 atom stereocenters. The second-order valence-corrected chi connectivity index (χ2v) is 3.38. The molecule has 0 saturated carbocycles. The molecule has 14 heavy (non-hydrogen) atoms. The molecule has 0 aliphatic rings. The largest absolute Gasteiger partial charge is 0.376 e. The maximum atomic E-state index is 11.4. The molecule has 0 saturated heterocycles. The lowest BCUT2D eigenvalue weighted by Gasteiger charge is -2.17. The Hall–Kier alpha value is -1.57. The minimum atomic E-state index is -0.270. The van der Waals surface area contributed by atoms with Gasteiger partial charge in [0.05, 0.1) is 0 Å². The van der Waals surface area contributed by atoms with Gasteiger partial charge in [0.2, 0.25) is 0 Å². The Morgan fingerprint density at radius 2 is 1.86 bits per heavy atom. The average molecular weight is 189 g/mol. The molecule has 0 radical (unpaired) electrons. The number of allylic oxidation sites excluding steroid dienone is 1. The van der Waals surface area contributed by atoms with Crippen LogP contribution >= 0.6 is 0 Å². The monoisotopic (exact) mass is 189 g/mol. The standard InChI is InChI=1S/C12H15NO/c1-9(2)13-12(10(3)14)11-7-5-4-6-8-11/h4-8,12-13H,1H2,2-3H3/t12-/m0/s1. The van der Waals surface area contributed by atoms with Crippen molar-refractivity contribution in [3.63, 3.8) is 0 Å². The van der Waals surface area contributed by atoms with Crippen LogP contribution in [-0.4, -0.2) is 5.78 Å². The van der Waals surface area contributed by atoms with Gasteiger partial charge in [-0.25, -0.2) is 0 Å². The van der Waals surface area contributed by atoms with Crippen molar-refractivity contribution < 1.29 is 4.79 Å². The fraction of sp³-hybridized carbons (Fsp3) is 0.250. The van der Waals surface area contributed by atoms with Crippen LogP contribution in [-0.2, 0) is 4.79 Å². The first-order chi connectivity index (χ1) is 6.61. The van der Waals surface area contributed by atoms with Gasteiger partial charge in [-0.3, -0.25) is 4.79 Å². The van der Waals surface area contributed by atoms with E-state index in [1.54, 1.807) is 6.92 Å². The lowest BCUT2D eigenvalue weighted by molar-refractivity contribution is -0.118. The number of ketones is 1. The smallest absolute Gasteiger partial charge is 0.156 e. The number of carbonyl (C=O) groups is 1. The van der Waals surface area contributed by atoms with Gasteiger partial charge < -0.3 is 5.32 Å². The van der Waals surface area contributed by atoms with Gasteiger partial charge in [-0.15, -0.1) is 0 Å². The molecule has 2 heteroatoms. The van der Waals surface area contributed by atoms with Crippen molar-refractivity contribution in [3.05, 3.63) is 48.2 Å². The van der Waals surface area contributed by atoms with Crippen LogP contribution in [0.15, 0.2) is 42.6 Å². The Morgan fingerprint density at radius 3 is 2.29 bits per heavy atom. The SMILES string of the molecule is C=C(C)N[C@@H](C(C)=O)c1ccccc1. The summed E-state index contributed by atoms with van der Waals surface area (Å²) in [4.78, 5) is 11.4. The maximum absolute atomic E-state index is 11.4. The summed E-state index contributed by atoms with van der Waals surface area (Å²) in [5.41, 5.74) is 1.78. The quantitative estimate of drug-likeness (QED) is 0.788. The van der Waals surface area contributed by atoms with E-state index in [0.717, 1.165) is 11.3 Å². The van der Waals surface area contributed by atoms with Gasteiger partial charge in [0, 0.05) is 5.70 Å². The molecule has 1 aromatic rings. The van der Waals surface area contributed by atoms with Gasteiger partial charge in [-0.2, -0.15) is 0 Å².